The van der Waals surface area contributed by atoms with Crippen molar-refractivity contribution in [3.8, 4) is 5.88 Å². The minimum atomic E-state index is -2.77. The molecule has 52 heavy (non-hydrogen) atoms. The van der Waals surface area contributed by atoms with Crippen molar-refractivity contribution in [3.63, 3.8) is 0 Å². The number of fused-ring (bicyclic) bond motifs is 1. The Bertz CT molecular complexity index is 1970. The van der Waals surface area contributed by atoms with E-state index in [9.17, 15) is 14.7 Å². The average molecular weight is 791 g/mol. The van der Waals surface area contributed by atoms with Crippen LogP contribution >= 0.6 is 15.9 Å². The molecule has 3 heterocycles. The first-order valence-electron chi connectivity index (χ1n) is 17.0. The Morgan fingerprint density at radius 3 is 2.21 bits per heavy atom. The lowest BCUT2D eigenvalue weighted by atomic mass is 10.1. The first-order valence-corrected chi connectivity index (χ1v) is 19.7. The summed E-state index contributed by atoms with van der Waals surface area (Å²) in [5.74, 6) is -0.420. The van der Waals surface area contributed by atoms with E-state index >= 15 is 0 Å². The smallest absolute Gasteiger partial charge is 0.413 e. The summed E-state index contributed by atoms with van der Waals surface area (Å²) in [6.45, 7) is 9.45. The number of rotatable bonds is 15. The van der Waals surface area contributed by atoms with Crippen molar-refractivity contribution < 1.29 is 28.6 Å². The number of benzene rings is 2. The van der Waals surface area contributed by atoms with Gasteiger partial charge in [0.25, 0.3) is 8.32 Å². The van der Waals surface area contributed by atoms with Gasteiger partial charge in [-0.1, -0.05) is 94.8 Å². The van der Waals surface area contributed by atoms with Crippen molar-refractivity contribution in [2.24, 2.45) is 0 Å². The lowest BCUT2D eigenvalue weighted by Crippen LogP contribution is -2.66. The normalized spacial score (nSPS) is 12.4. The van der Waals surface area contributed by atoms with Gasteiger partial charge >= 0.3 is 12.1 Å². The van der Waals surface area contributed by atoms with E-state index in [0.717, 1.165) is 12.8 Å². The molecule has 0 radical (unpaired) electrons. The number of hydrogen-bond donors (Lipinski definition) is 3. The minimum absolute atomic E-state index is 0.00869. The molecule has 3 aromatic heterocycles. The Labute approximate surface area is 312 Å². The van der Waals surface area contributed by atoms with Gasteiger partial charge in [-0.05, 0) is 50.2 Å². The molecule has 0 aliphatic carbocycles. The number of nitrogens with zero attached hydrogens (tertiary/aromatic N) is 5. The number of halogens is 1. The molecule has 1 atom stereocenters. The predicted molar refractivity (Wildman–Crippen MR) is 206 cm³/mol. The Morgan fingerprint density at radius 1 is 1.00 bits per heavy atom. The van der Waals surface area contributed by atoms with Crippen molar-refractivity contribution in [1.29, 1.82) is 0 Å². The molecule has 0 fully saturated rings. The fourth-order valence-corrected chi connectivity index (χ4v) is 11.5. The lowest BCUT2D eigenvalue weighted by molar-refractivity contribution is 0.0696. The van der Waals surface area contributed by atoms with Crippen molar-refractivity contribution >= 4 is 69.5 Å². The summed E-state index contributed by atoms with van der Waals surface area (Å²) in [7, 11) is -0.0445. The quantitative estimate of drug-likeness (QED) is 0.0998. The van der Waals surface area contributed by atoms with Gasteiger partial charge in [0, 0.05) is 24.4 Å². The highest BCUT2D eigenvalue weighted by Crippen LogP contribution is 2.37. The number of amides is 1. The molecule has 0 aliphatic rings. The standard InChI is InChI=1S/C37H44BrN7O6Si/c1-7-14-26(19-20-51-52(37(2,3)4,27-15-10-8-11-16-27)28-17-12-9-13-18-28)40-32-30-29(41-35(42-32)43-36(48)50-6)31(38)44-45(30)23-25-21-24(34(46)47)22-39-33(25)49-5/h8-13,15-18,21-22,26H,7,14,19-20,23H2,1-6H3,(H,46,47)(H2,40,41,42,43,48). The number of carbonyl (C=O) groups excluding carboxylic acids is 1. The van der Waals surface area contributed by atoms with E-state index in [1.54, 1.807) is 4.68 Å². The molecule has 0 spiro atoms. The Balaban J connectivity index is 1.53. The molecule has 274 valence electrons. The number of carboxylic acids is 1. The maximum Gasteiger partial charge on any atom is 0.413 e. The van der Waals surface area contributed by atoms with Crippen LogP contribution in [0.4, 0.5) is 16.6 Å². The van der Waals surface area contributed by atoms with Crippen molar-refractivity contribution in [3.05, 3.63) is 88.7 Å². The third kappa shape index (κ3) is 8.27. The largest absolute Gasteiger partial charge is 0.481 e. The molecule has 0 aliphatic heterocycles. The second-order valence-electron chi connectivity index (χ2n) is 13.3. The molecule has 1 amide bonds. The summed E-state index contributed by atoms with van der Waals surface area (Å²) in [4.78, 5) is 37.5. The number of ether oxygens (including phenoxy) is 2. The second-order valence-corrected chi connectivity index (χ2v) is 18.3. The highest BCUT2D eigenvalue weighted by Gasteiger charge is 2.50. The van der Waals surface area contributed by atoms with Crippen LogP contribution in [0.3, 0.4) is 0 Å². The number of pyridine rings is 1. The SMILES string of the molecule is CCCC(CCO[Si](c1ccccc1)(c1ccccc1)C(C)(C)C)Nc1nc(NC(=O)OC)nc2c(Br)nn(Cc3cc(C(=O)O)cnc3OC)c12. The molecule has 5 aromatic rings. The maximum atomic E-state index is 12.2. The van der Waals surface area contributed by atoms with Gasteiger partial charge in [0.2, 0.25) is 11.8 Å². The summed E-state index contributed by atoms with van der Waals surface area (Å²) in [5, 5.41) is 22.7. The zero-order valence-electron chi connectivity index (χ0n) is 30.1. The van der Waals surface area contributed by atoms with Gasteiger partial charge in [0.1, 0.15) is 11.0 Å². The van der Waals surface area contributed by atoms with E-state index < -0.39 is 20.4 Å². The van der Waals surface area contributed by atoms with Crippen LogP contribution in [-0.2, 0) is 15.7 Å². The van der Waals surface area contributed by atoms with E-state index in [1.807, 2.05) is 12.1 Å². The van der Waals surface area contributed by atoms with Crippen LogP contribution < -0.4 is 25.7 Å². The third-order valence-corrected chi connectivity index (χ3v) is 14.4. The minimum Gasteiger partial charge on any atom is -0.481 e. The number of anilines is 2. The summed E-state index contributed by atoms with van der Waals surface area (Å²) in [6, 6.07) is 22.5. The summed E-state index contributed by atoms with van der Waals surface area (Å²) in [6.07, 6.45) is 2.85. The van der Waals surface area contributed by atoms with Crippen molar-refractivity contribution in [2.45, 2.75) is 64.6 Å². The fraction of sp³-hybridized carbons (Fsp3) is 0.351. The monoisotopic (exact) mass is 789 g/mol. The molecule has 13 nitrogen and oxygen atoms in total. The third-order valence-electron chi connectivity index (χ3n) is 8.81. The summed E-state index contributed by atoms with van der Waals surface area (Å²) in [5.41, 5.74) is 1.45. The number of carbonyl (C=O) groups is 2. The summed E-state index contributed by atoms with van der Waals surface area (Å²) >= 11 is 3.53. The van der Waals surface area contributed by atoms with Crippen LogP contribution in [0, 0.1) is 0 Å². The van der Waals surface area contributed by atoms with Crippen molar-refractivity contribution in [1.82, 2.24) is 24.7 Å². The number of nitrogens with one attached hydrogen (secondary N) is 2. The molecule has 0 bridgehead atoms. The Hall–Kier alpha value is -4.86. The topological polar surface area (TPSA) is 163 Å². The lowest BCUT2D eigenvalue weighted by Gasteiger charge is -2.43. The molecule has 0 saturated heterocycles. The van der Waals surface area contributed by atoms with E-state index in [4.69, 9.17) is 18.9 Å². The zero-order chi connectivity index (χ0) is 37.5. The number of hydrogen-bond acceptors (Lipinski definition) is 10. The van der Waals surface area contributed by atoms with Gasteiger partial charge in [-0.3, -0.25) is 10.00 Å². The number of aromatic nitrogens is 5. The molecule has 5 rings (SSSR count). The highest BCUT2D eigenvalue weighted by molar-refractivity contribution is 9.10. The predicted octanol–water partition coefficient (Wildman–Crippen LogP) is 6.46. The number of carboxylic acid groups (broad SMARTS) is 1. The summed E-state index contributed by atoms with van der Waals surface area (Å²) < 4.78 is 19.5. The van der Waals surface area contributed by atoms with Gasteiger partial charge in [-0.25, -0.2) is 19.6 Å². The molecular formula is C37H44BrN7O6Si. The molecular weight excluding hydrogens is 746 g/mol. The number of aromatic carboxylic acids is 1. The molecule has 1 unspecified atom stereocenters. The first kappa shape index (κ1) is 38.4. The van der Waals surface area contributed by atoms with E-state index in [2.05, 4.69) is 118 Å². The highest BCUT2D eigenvalue weighted by atomic mass is 79.9. The average Bonchev–Trinajstić information content (AvgIpc) is 3.44. The molecule has 0 saturated carbocycles. The number of methoxy groups -OCH3 is 2. The molecule has 2 aromatic carbocycles. The van der Waals surface area contributed by atoms with Crippen LogP contribution in [0.5, 0.6) is 5.88 Å². The van der Waals surface area contributed by atoms with Crippen molar-refractivity contribution in [2.75, 3.05) is 31.5 Å². The second kappa shape index (κ2) is 16.6. The Morgan fingerprint density at radius 2 is 1.65 bits per heavy atom. The van der Waals surface area contributed by atoms with Gasteiger partial charge in [0.05, 0.1) is 26.3 Å². The van der Waals surface area contributed by atoms with Crippen LogP contribution in [0.25, 0.3) is 11.0 Å². The van der Waals surface area contributed by atoms with Crippen LogP contribution in [0.1, 0.15) is 62.9 Å². The Kier molecular flexibility index (Phi) is 12.3. The van der Waals surface area contributed by atoms with E-state index in [0.29, 0.717) is 40.0 Å². The van der Waals surface area contributed by atoms with Gasteiger partial charge in [-0.2, -0.15) is 10.1 Å². The van der Waals surface area contributed by atoms with E-state index in [1.165, 1.54) is 36.9 Å². The molecule has 15 heteroatoms. The van der Waals surface area contributed by atoms with Gasteiger partial charge in [0.15, 0.2) is 10.4 Å². The van der Waals surface area contributed by atoms with Gasteiger partial charge in [-0.15, -0.1) is 0 Å². The first-order chi connectivity index (χ1) is 24.9. The van der Waals surface area contributed by atoms with Crippen LogP contribution in [0.2, 0.25) is 5.04 Å². The molecule has 3 N–H and O–H groups in total. The van der Waals surface area contributed by atoms with E-state index in [-0.39, 0.29) is 35.0 Å². The maximum absolute atomic E-state index is 12.2. The fourth-order valence-electron chi connectivity index (χ4n) is 6.48. The van der Waals surface area contributed by atoms with Gasteiger partial charge < -0.3 is 24.3 Å². The van der Waals surface area contributed by atoms with Crippen LogP contribution in [-0.4, -0.2) is 77.1 Å². The zero-order valence-corrected chi connectivity index (χ0v) is 32.7. The van der Waals surface area contributed by atoms with Crippen LogP contribution in [0.15, 0.2) is 77.5 Å².